The number of benzene rings is 1. The van der Waals surface area contributed by atoms with E-state index in [0.717, 1.165) is 34.5 Å². The quantitative estimate of drug-likeness (QED) is 0.875. The van der Waals surface area contributed by atoms with Crippen molar-refractivity contribution in [3.05, 3.63) is 51.7 Å². The van der Waals surface area contributed by atoms with Gasteiger partial charge in [0.2, 0.25) is 0 Å². The summed E-state index contributed by atoms with van der Waals surface area (Å²) in [4.78, 5) is 15.6. The maximum Gasteiger partial charge on any atom is 0.264 e. The lowest BCUT2D eigenvalue weighted by molar-refractivity contribution is 0.0734. The van der Waals surface area contributed by atoms with E-state index in [1.54, 1.807) is 0 Å². The first-order valence-electron chi connectivity index (χ1n) is 6.84. The van der Waals surface area contributed by atoms with Gasteiger partial charge in [0.15, 0.2) is 0 Å². The number of hydrogen-bond acceptors (Lipinski definition) is 3. The van der Waals surface area contributed by atoms with Crippen molar-refractivity contribution in [3.63, 3.8) is 0 Å². The van der Waals surface area contributed by atoms with Gasteiger partial charge in [-0.3, -0.25) is 4.79 Å². The molecule has 0 unspecified atom stereocenters. The zero-order chi connectivity index (χ0) is 14.1. The van der Waals surface area contributed by atoms with Crippen molar-refractivity contribution in [1.29, 1.82) is 0 Å². The summed E-state index contributed by atoms with van der Waals surface area (Å²) < 4.78 is 0. The molecule has 1 aliphatic carbocycles. The van der Waals surface area contributed by atoms with Crippen LogP contribution in [-0.2, 0) is 6.54 Å². The van der Waals surface area contributed by atoms with Gasteiger partial charge in [0.1, 0.15) is 0 Å². The summed E-state index contributed by atoms with van der Waals surface area (Å²) >= 11 is 1.53. The van der Waals surface area contributed by atoms with Gasteiger partial charge in [-0.05, 0) is 54.5 Å². The standard InChI is InChI=1S/C16H18N2OS/c1-11-7-8-20-15(11)16(19)18(14-5-6-14)10-12-3-2-4-13(17)9-12/h2-4,7-9,14H,5-6,10,17H2,1H3. The highest BCUT2D eigenvalue weighted by molar-refractivity contribution is 7.12. The number of hydrogen-bond donors (Lipinski definition) is 1. The molecule has 3 nitrogen and oxygen atoms in total. The monoisotopic (exact) mass is 286 g/mol. The summed E-state index contributed by atoms with van der Waals surface area (Å²) in [6, 6.07) is 10.2. The second-order valence-corrected chi connectivity index (χ2v) is 6.26. The van der Waals surface area contributed by atoms with Crippen molar-refractivity contribution >= 4 is 22.9 Å². The minimum atomic E-state index is 0.155. The van der Waals surface area contributed by atoms with Gasteiger partial charge < -0.3 is 10.6 Å². The molecule has 0 saturated heterocycles. The Morgan fingerprint density at radius 2 is 2.20 bits per heavy atom. The number of aryl methyl sites for hydroxylation is 1. The lowest BCUT2D eigenvalue weighted by Gasteiger charge is -2.22. The molecule has 2 N–H and O–H groups in total. The number of nitrogen functional groups attached to an aromatic ring is 1. The first-order chi connectivity index (χ1) is 9.65. The lowest BCUT2D eigenvalue weighted by Crippen LogP contribution is -2.32. The number of rotatable bonds is 4. The normalized spacial score (nSPS) is 14.2. The number of thiophene rings is 1. The molecule has 1 saturated carbocycles. The second kappa shape index (κ2) is 5.29. The van der Waals surface area contributed by atoms with Crippen LogP contribution in [0.1, 0.15) is 33.6 Å². The Morgan fingerprint density at radius 1 is 1.40 bits per heavy atom. The molecular weight excluding hydrogens is 268 g/mol. The zero-order valence-corrected chi connectivity index (χ0v) is 12.3. The molecular formula is C16H18N2OS. The highest BCUT2D eigenvalue weighted by atomic mass is 32.1. The van der Waals surface area contributed by atoms with E-state index in [0.29, 0.717) is 12.6 Å². The fourth-order valence-electron chi connectivity index (χ4n) is 2.36. The molecule has 0 atom stereocenters. The van der Waals surface area contributed by atoms with Crippen LogP contribution in [0.4, 0.5) is 5.69 Å². The lowest BCUT2D eigenvalue weighted by atomic mass is 10.1. The third-order valence-corrected chi connectivity index (χ3v) is 4.61. The highest BCUT2D eigenvalue weighted by Gasteiger charge is 2.33. The first-order valence-corrected chi connectivity index (χ1v) is 7.72. The molecule has 2 aromatic rings. The van der Waals surface area contributed by atoms with Crippen LogP contribution in [0.2, 0.25) is 0 Å². The highest BCUT2D eigenvalue weighted by Crippen LogP contribution is 2.31. The van der Waals surface area contributed by atoms with Gasteiger partial charge in [-0.2, -0.15) is 0 Å². The van der Waals surface area contributed by atoms with Crippen molar-refractivity contribution in [3.8, 4) is 0 Å². The summed E-state index contributed by atoms with van der Waals surface area (Å²) in [7, 11) is 0. The summed E-state index contributed by atoms with van der Waals surface area (Å²) in [6.07, 6.45) is 2.22. The average molecular weight is 286 g/mol. The summed E-state index contributed by atoms with van der Waals surface area (Å²) in [6.45, 7) is 2.64. The molecule has 1 fully saturated rings. The van der Waals surface area contributed by atoms with Crippen molar-refractivity contribution in [1.82, 2.24) is 4.90 Å². The summed E-state index contributed by atoms with van der Waals surface area (Å²) in [5.41, 5.74) is 8.73. The summed E-state index contributed by atoms with van der Waals surface area (Å²) in [5, 5.41) is 1.98. The minimum absolute atomic E-state index is 0.155. The molecule has 0 aliphatic heterocycles. The van der Waals surface area contributed by atoms with E-state index in [1.165, 1.54) is 11.3 Å². The molecule has 20 heavy (non-hydrogen) atoms. The third kappa shape index (κ3) is 2.70. The van der Waals surface area contributed by atoms with Crippen LogP contribution in [0.25, 0.3) is 0 Å². The molecule has 104 valence electrons. The van der Waals surface area contributed by atoms with Gasteiger partial charge in [-0.15, -0.1) is 11.3 Å². The molecule has 1 heterocycles. The van der Waals surface area contributed by atoms with Gasteiger partial charge in [0, 0.05) is 18.3 Å². The maximum atomic E-state index is 12.7. The fraction of sp³-hybridized carbons (Fsp3) is 0.312. The molecule has 1 aromatic heterocycles. The van der Waals surface area contributed by atoms with Crippen molar-refractivity contribution in [2.75, 3.05) is 5.73 Å². The average Bonchev–Trinajstić information content (AvgIpc) is 3.17. The Kier molecular flexibility index (Phi) is 3.49. The van der Waals surface area contributed by atoms with Crippen LogP contribution in [0, 0.1) is 6.92 Å². The molecule has 0 bridgehead atoms. The molecule has 0 spiro atoms. The van der Waals surface area contributed by atoms with Gasteiger partial charge in [0.25, 0.3) is 5.91 Å². The van der Waals surface area contributed by atoms with E-state index >= 15 is 0 Å². The Hall–Kier alpha value is -1.81. The summed E-state index contributed by atoms with van der Waals surface area (Å²) in [5.74, 6) is 0.155. The van der Waals surface area contributed by atoms with Crippen LogP contribution >= 0.6 is 11.3 Å². The van der Waals surface area contributed by atoms with E-state index in [9.17, 15) is 4.79 Å². The van der Waals surface area contributed by atoms with E-state index in [1.807, 2.05) is 47.5 Å². The van der Waals surface area contributed by atoms with Gasteiger partial charge in [0.05, 0.1) is 4.88 Å². The molecule has 3 rings (SSSR count). The Bertz CT molecular complexity index is 631. The predicted octanol–water partition coefficient (Wildman–Crippen LogP) is 3.44. The zero-order valence-electron chi connectivity index (χ0n) is 11.5. The SMILES string of the molecule is Cc1ccsc1C(=O)N(Cc1cccc(N)c1)C1CC1. The molecule has 1 amide bonds. The minimum Gasteiger partial charge on any atom is -0.399 e. The van der Waals surface area contributed by atoms with Crippen LogP contribution in [0.3, 0.4) is 0 Å². The van der Waals surface area contributed by atoms with Gasteiger partial charge in [-0.1, -0.05) is 12.1 Å². The third-order valence-electron chi connectivity index (χ3n) is 3.61. The number of nitrogens with two attached hydrogens (primary N) is 1. The van der Waals surface area contributed by atoms with E-state index in [-0.39, 0.29) is 5.91 Å². The molecule has 1 aliphatic rings. The molecule has 4 heteroatoms. The topological polar surface area (TPSA) is 46.3 Å². The van der Waals surface area contributed by atoms with E-state index in [4.69, 9.17) is 5.73 Å². The van der Waals surface area contributed by atoms with E-state index in [2.05, 4.69) is 0 Å². The van der Waals surface area contributed by atoms with Crippen molar-refractivity contribution in [2.24, 2.45) is 0 Å². The van der Waals surface area contributed by atoms with Crippen molar-refractivity contribution in [2.45, 2.75) is 32.4 Å². The van der Waals surface area contributed by atoms with Gasteiger partial charge in [-0.25, -0.2) is 0 Å². The molecule has 1 aromatic carbocycles. The molecule has 0 radical (unpaired) electrons. The number of amides is 1. The van der Waals surface area contributed by atoms with E-state index < -0.39 is 0 Å². The number of carbonyl (C=O) groups excluding carboxylic acids is 1. The number of nitrogens with zero attached hydrogens (tertiary/aromatic N) is 1. The number of carbonyl (C=O) groups is 1. The Balaban J connectivity index is 1.83. The Labute approximate surface area is 123 Å². The van der Waals surface area contributed by atoms with Crippen LogP contribution in [0.5, 0.6) is 0 Å². The largest absolute Gasteiger partial charge is 0.399 e. The van der Waals surface area contributed by atoms with Crippen molar-refractivity contribution < 1.29 is 4.79 Å². The van der Waals surface area contributed by atoms with Crippen LogP contribution < -0.4 is 5.73 Å². The van der Waals surface area contributed by atoms with Crippen LogP contribution in [-0.4, -0.2) is 16.8 Å². The maximum absolute atomic E-state index is 12.7. The first kappa shape index (κ1) is 13.2. The Morgan fingerprint density at radius 3 is 2.80 bits per heavy atom. The van der Waals surface area contributed by atoms with Crippen LogP contribution in [0.15, 0.2) is 35.7 Å². The fourth-order valence-corrected chi connectivity index (χ4v) is 3.24. The second-order valence-electron chi connectivity index (χ2n) is 5.34. The predicted molar refractivity (Wildman–Crippen MR) is 82.8 cm³/mol. The smallest absolute Gasteiger partial charge is 0.264 e. The van der Waals surface area contributed by atoms with Gasteiger partial charge >= 0.3 is 0 Å². The number of anilines is 1.